The Morgan fingerprint density at radius 3 is 2.29 bits per heavy atom. The Morgan fingerprint density at radius 2 is 1.76 bits per heavy atom. The monoisotopic (exact) mass is 238 g/mol. The Labute approximate surface area is 105 Å². The summed E-state index contributed by atoms with van der Waals surface area (Å²) in [6.07, 6.45) is 9.64. The summed E-state index contributed by atoms with van der Waals surface area (Å²) in [5.74, 6) is 1.97. The summed E-state index contributed by atoms with van der Waals surface area (Å²) in [6.45, 7) is 7.92. The van der Waals surface area contributed by atoms with Gasteiger partial charge in [0.2, 0.25) is 0 Å². The van der Waals surface area contributed by atoms with E-state index in [0.717, 1.165) is 19.1 Å². The molecule has 98 valence electrons. The van der Waals surface area contributed by atoms with Crippen LogP contribution >= 0.6 is 0 Å². The Morgan fingerprint density at radius 1 is 1.12 bits per heavy atom. The molecule has 1 aliphatic heterocycles. The normalized spacial score (nSPS) is 38.9. The molecule has 0 radical (unpaired) electrons. The van der Waals surface area contributed by atoms with Gasteiger partial charge in [-0.25, -0.2) is 0 Å². The second-order valence-electron chi connectivity index (χ2n) is 5.60. The molecule has 0 atom stereocenters. The zero-order valence-corrected chi connectivity index (χ0v) is 11.1. The number of allylic oxidation sites excluding steroid dienone is 1. The highest BCUT2D eigenvalue weighted by Gasteiger charge is 2.31. The molecule has 0 aromatic rings. The van der Waals surface area contributed by atoms with Crippen molar-refractivity contribution < 1.29 is 9.47 Å². The first-order chi connectivity index (χ1) is 8.33. The average Bonchev–Trinajstić information content (AvgIpc) is 2.40. The van der Waals surface area contributed by atoms with Crippen LogP contribution < -0.4 is 0 Å². The van der Waals surface area contributed by atoms with Gasteiger partial charge in [-0.1, -0.05) is 19.4 Å². The van der Waals surface area contributed by atoms with E-state index >= 15 is 0 Å². The van der Waals surface area contributed by atoms with Gasteiger partial charge in [0.25, 0.3) is 0 Å². The van der Waals surface area contributed by atoms with Crippen molar-refractivity contribution in [1.29, 1.82) is 0 Å². The topological polar surface area (TPSA) is 18.5 Å². The SMILES string of the molecule is C=CC1CCC([C@H]2OC[C@H](CCC)CO2)CC1. The van der Waals surface area contributed by atoms with Crippen molar-refractivity contribution in [2.24, 2.45) is 17.8 Å². The maximum absolute atomic E-state index is 5.90. The minimum Gasteiger partial charge on any atom is -0.352 e. The minimum atomic E-state index is 0.0777. The molecule has 1 saturated heterocycles. The zero-order valence-electron chi connectivity index (χ0n) is 11.1. The molecule has 0 N–H and O–H groups in total. The van der Waals surface area contributed by atoms with Crippen LogP contribution in [0.4, 0.5) is 0 Å². The van der Waals surface area contributed by atoms with Gasteiger partial charge in [-0.3, -0.25) is 0 Å². The van der Waals surface area contributed by atoms with Crippen LogP contribution in [0, 0.1) is 17.8 Å². The standard InChI is InChI=1S/C15H26O2/c1-3-5-13-10-16-15(17-11-13)14-8-6-12(4-2)7-9-14/h4,12-15H,2-3,5-11H2,1H3/t12?,13-,14?,15-. The molecule has 2 rings (SSSR count). The zero-order chi connectivity index (χ0) is 12.1. The third-order valence-corrected chi connectivity index (χ3v) is 4.22. The third-order valence-electron chi connectivity index (χ3n) is 4.22. The van der Waals surface area contributed by atoms with E-state index in [-0.39, 0.29) is 6.29 Å². The Hall–Kier alpha value is -0.340. The molecule has 1 aliphatic carbocycles. The molecular formula is C15H26O2. The molecule has 0 spiro atoms. The lowest BCUT2D eigenvalue weighted by atomic mass is 9.81. The summed E-state index contributed by atoms with van der Waals surface area (Å²) in [7, 11) is 0. The van der Waals surface area contributed by atoms with E-state index in [0.29, 0.717) is 11.8 Å². The van der Waals surface area contributed by atoms with Crippen LogP contribution in [-0.2, 0) is 9.47 Å². The maximum atomic E-state index is 5.90. The summed E-state index contributed by atoms with van der Waals surface area (Å²) in [5, 5.41) is 0. The van der Waals surface area contributed by atoms with Gasteiger partial charge in [0.1, 0.15) is 0 Å². The highest BCUT2D eigenvalue weighted by Crippen LogP contribution is 2.34. The van der Waals surface area contributed by atoms with Gasteiger partial charge in [0.05, 0.1) is 13.2 Å². The van der Waals surface area contributed by atoms with Crippen LogP contribution in [-0.4, -0.2) is 19.5 Å². The first kappa shape index (κ1) is 13.1. The molecule has 0 unspecified atom stereocenters. The molecule has 2 heteroatoms. The van der Waals surface area contributed by atoms with Crippen molar-refractivity contribution in [2.75, 3.05) is 13.2 Å². The Kier molecular flexibility index (Phi) is 5.05. The van der Waals surface area contributed by atoms with Gasteiger partial charge >= 0.3 is 0 Å². The summed E-state index contributed by atoms with van der Waals surface area (Å²) in [4.78, 5) is 0. The molecule has 1 saturated carbocycles. The van der Waals surface area contributed by atoms with Crippen molar-refractivity contribution >= 4 is 0 Å². The molecule has 0 bridgehead atoms. The first-order valence-corrected chi connectivity index (χ1v) is 7.19. The lowest BCUT2D eigenvalue weighted by Gasteiger charge is -2.37. The quantitative estimate of drug-likeness (QED) is 0.694. The Balaban J connectivity index is 1.72. The lowest BCUT2D eigenvalue weighted by Crippen LogP contribution is -2.38. The highest BCUT2D eigenvalue weighted by atomic mass is 16.7. The predicted molar refractivity (Wildman–Crippen MR) is 69.7 cm³/mol. The van der Waals surface area contributed by atoms with Crippen LogP contribution in [0.5, 0.6) is 0 Å². The van der Waals surface area contributed by atoms with E-state index in [1.807, 2.05) is 0 Å². The van der Waals surface area contributed by atoms with Gasteiger partial charge in [-0.05, 0) is 38.0 Å². The highest BCUT2D eigenvalue weighted by molar-refractivity contribution is 4.85. The van der Waals surface area contributed by atoms with E-state index in [2.05, 4.69) is 19.6 Å². The van der Waals surface area contributed by atoms with E-state index in [9.17, 15) is 0 Å². The minimum absolute atomic E-state index is 0.0777. The van der Waals surface area contributed by atoms with Crippen molar-refractivity contribution in [3.05, 3.63) is 12.7 Å². The van der Waals surface area contributed by atoms with Crippen molar-refractivity contribution in [3.8, 4) is 0 Å². The summed E-state index contributed by atoms with van der Waals surface area (Å²) < 4.78 is 11.8. The van der Waals surface area contributed by atoms with Crippen LogP contribution in [0.3, 0.4) is 0 Å². The Bertz CT molecular complexity index is 223. The molecule has 2 fully saturated rings. The largest absolute Gasteiger partial charge is 0.352 e. The fraction of sp³-hybridized carbons (Fsp3) is 0.867. The lowest BCUT2D eigenvalue weighted by molar-refractivity contribution is -0.229. The van der Waals surface area contributed by atoms with E-state index in [1.165, 1.54) is 38.5 Å². The van der Waals surface area contributed by atoms with Crippen molar-refractivity contribution in [3.63, 3.8) is 0 Å². The number of ether oxygens (including phenoxy) is 2. The van der Waals surface area contributed by atoms with Crippen molar-refractivity contribution in [2.45, 2.75) is 51.7 Å². The van der Waals surface area contributed by atoms with Gasteiger partial charge < -0.3 is 9.47 Å². The number of hydrogen-bond acceptors (Lipinski definition) is 2. The predicted octanol–water partition coefficient (Wildman–Crippen LogP) is 3.77. The smallest absolute Gasteiger partial charge is 0.160 e. The van der Waals surface area contributed by atoms with Gasteiger partial charge in [-0.15, -0.1) is 6.58 Å². The van der Waals surface area contributed by atoms with E-state index < -0.39 is 0 Å². The molecule has 0 aromatic heterocycles. The second-order valence-corrected chi connectivity index (χ2v) is 5.60. The summed E-state index contributed by atoms with van der Waals surface area (Å²) in [6, 6.07) is 0. The summed E-state index contributed by atoms with van der Waals surface area (Å²) in [5.41, 5.74) is 0. The fourth-order valence-corrected chi connectivity index (χ4v) is 3.06. The molecular weight excluding hydrogens is 212 g/mol. The van der Waals surface area contributed by atoms with E-state index in [1.54, 1.807) is 0 Å². The van der Waals surface area contributed by atoms with Crippen LogP contribution in [0.1, 0.15) is 45.4 Å². The number of hydrogen-bond donors (Lipinski definition) is 0. The van der Waals surface area contributed by atoms with E-state index in [4.69, 9.17) is 9.47 Å². The van der Waals surface area contributed by atoms with Gasteiger partial charge in [-0.2, -0.15) is 0 Å². The fourth-order valence-electron chi connectivity index (χ4n) is 3.06. The van der Waals surface area contributed by atoms with Crippen molar-refractivity contribution in [1.82, 2.24) is 0 Å². The molecule has 1 heterocycles. The second kappa shape index (κ2) is 6.55. The average molecular weight is 238 g/mol. The number of rotatable bonds is 4. The molecule has 2 aliphatic rings. The molecule has 0 amide bonds. The summed E-state index contributed by atoms with van der Waals surface area (Å²) >= 11 is 0. The van der Waals surface area contributed by atoms with Crippen LogP contribution in [0.2, 0.25) is 0 Å². The first-order valence-electron chi connectivity index (χ1n) is 7.19. The molecule has 0 aromatic carbocycles. The maximum Gasteiger partial charge on any atom is 0.160 e. The third kappa shape index (κ3) is 3.56. The molecule has 2 nitrogen and oxygen atoms in total. The van der Waals surface area contributed by atoms with Crippen LogP contribution in [0.25, 0.3) is 0 Å². The van der Waals surface area contributed by atoms with Crippen LogP contribution in [0.15, 0.2) is 12.7 Å². The van der Waals surface area contributed by atoms with Gasteiger partial charge in [0.15, 0.2) is 6.29 Å². The van der Waals surface area contributed by atoms with Gasteiger partial charge in [0, 0.05) is 11.8 Å². The molecule has 17 heavy (non-hydrogen) atoms.